The number of halogens is 1. The molecule has 0 aliphatic carbocycles. The first kappa shape index (κ1) is 27.5. The van der Waals surface area contributed by atoms with Crippen molar-refractivity contribution in [2.24, 2.45) is 0 Å². The van der Waals surface area contributed by atoms with Gasteiger partial charge >= 0.3 is 5.69 Å². The molecule has 1 aliphatic rings. The number of aromatic amines is 1. The lowest BCUT2D eigenvalue weighted by Gasteiger charge is -2.34. The number of rotatable bonds is 11. The molecule has 1 saturated heterocycles. The average molecular weight is 485 g/mol. The van der Waals surface area contributed by atoms with Crippen molar-refractivity contribution in [1.29, 1.82) is 0 Å². The van der Waals surface area contributed by atoms with Crippen LogP contribution >= 0.6 is 0 Å². The first-order valence-electron chi connectivity index (χ1n) is 11.5. The molecule has 0 spiro atoms. The predicted octanol–water partition coefficient (Wildman–Crippen LogP) is 2.39. The third kappa shape index (κ3) is 6.64. The van der Waals surface area contributed by atoms with E-state index < -0.39 is 49.5 Å². The molecule has 4 atom stereocenters. The van der Waals surface area contributed by atoms with Gasteiger partial charge in [0.05, 0.1) is 6.61 Å². The predicted molar refractivity (Wildman–Crippen MR) is 127 cm³/mol. The van der Waals surface area contributed by atoms with Crippen molar-refractivity contribution in [3.05, 3.63) is 33.1 Å². The summed E-state index contributed by atoms with van der Waals surface area (Å²) in [6, 6.07) is 1.14. The molecule has 2 heterocycles. The van der Waals surface area contributed by atoms with Crippen molar-refractivity contribution >= 4 is 8.07 Å². The fourth-order valence-electron chi connectivity index (χ4n) is 3.57. The molecule has 186 valence electrons. The molecule has 1 aromatic heterocycles. The van der Waals surface area contributed by atoms with E-state index in [1.807, 2.05) is 33.5 Å². The Morgan fingerprint density at radius 1 is 1.24 bits per heavy atom. The lowest BCUT2D eigenvalue weighted by atomic mass is 9.87. The monoisotopic (exact) mass is 484 g/mol. The minimum absolute atomic E-state index is 0.175. The molecule has 0 amide bonds. The van der Waals surface area contributed by atoms with Crippen LogP contribution in [0.2, 0.25) is 19.6 Å². The number of aliphatic hydroxyl groups is 1. The Kier molecular flexibility index (Phi) is 9.64. The molecule has 0 bridgehead atoms. The van der Waals surface area contributed by atoms with E-state index in [1.54, 1.807) is 0 Å². The van der Waals surface area contributed by atoms with Crippen LogP contribution in [0.15, 0.2) is 21.9 Å². The number of hydrogen-bond donors (Lipinski definition) is 2. The molecule has 0 saturated carbocycles. The molecule has 1 fully saturated rings. The second kappa shape index (κ2) is 11.6. The van der Waals surface area contributed by atoms with E-state index in [9.17, 15) is 19.1 Å². The van der Waals surface area contributed by atoms with E-state index in [1.165, 1.54) is 6.20 Å². The van der Waals surface area contributed by atoms with Crippen molar-refractivity contribution in [2.75, 3.05) is 26.5 Å². The topological polar surface area (TPSA) is 103 Å². The molecule has 1 aliphatic heterocycles. The lowest BCUT2D eigenvalue weighted by Crippen LogP contribution is -2.56. The van der Waals surface area contributed by atoms with Crippen LogP contribution in [0.1, 0.15) is 45.8 Å². The van der Waals surface area contributed by atoms with Gasteiger partial charge in [0, 0.05) is 25.5 Å². The Morgan fingerprint density at radius 2 is 1.91 bits per heavy atom. The van der Waals surface area contributed by atoms with Gasteiger partial charge in [-0.25, -0.2) is 9.18 Å². The largest absolute Gasteiger partial charge is 0.378 e. The molecular formula is C23H37FN2O6Si. The van der Waals surface area contributed by atoms with Gasteiger partial charge in [0.1, 0.15) is 20.9 Å². The van der Waals surface area contributed by atoms with Crippen LogP contribution in [-0.2, 0) is 14.2 Å². The number of hydrogen-bond acceptors (Lipinski definition) is 6. The lowest BCUT2D eigenvalue weighted by molar-refractivity contribution is -0.161. The zero-order valence-corrected chi connectivity index (χ0v) is 21.3. The molecule has 0 aromatic carbocycles. The first-order valence-corrected chi connectivity index (χ1v) is 15.0. The van der Waals surface area contributed by atoms with Gasteiger partial charge in [0.25, 0.3) is 5.56 Å². The van der Waals surface area contributed by atoms with Crippen molar-refractivity contribution in [3.63, 3.8) is 0 Å². The highest BCUT2D eigenvalue weighted by molar-refractivity contribution is 6.83. The summed E-state index contributed by atoms with van der Waals surface area (Å²) in [6.07, 6.45) is 1.82. The number of nitrogens with zero attached hydrogens (tertiary/aromatic N) is 1. The van der Waals surface area contributed by atoms with Crippen LogP contribution in [-0.4, -0.2) is 66.5 Å². The number of aromatic nitrogens is 2. The van der Waals surface area contributed by atoms with E-state index >= 15 is 0 Å². The quantitative estimate of drug-likeness (QED) is 0.284. The summed E-state index contributed by atoms with van der Waals surface area (Å²) in [5, 5.41) is 11.9. The van der Waals surface area contributed by atoms with Crippen molar-refractivity contribution in [2.45, 2.75) is 82.7 Å². The maximum Gasteiger partial charge on any atom is 0.330 e. The van der Waals surface area contributed by atoms with E-state index in [-0.39, 0.29) is 13.2 Å². The van der Waals surface area contributed by atoms with Gasteiger partial charge in [-0.1, -0.05) is 52.3 Å². The Morgan fingerprint density at radius 3 is 2.48 bits per heavy atom. The Bertz CT molecular complexity index is 949. The zero-order valence-electron chi connectivity index (χ0n) is 20.3. The second-order valence-electron chi connectivity index (χ2n) is 9.52. The number of H-pyrrole nitrogens is 1. The molecule has 8 nitrogen and oxygen atoms in total. The normalized spacial score (nSPS) is 27.4. The van der Waals surface area contributed by atoms with E-state index in [4.69, 9.17) is 14.2 Å². The van der Waals surface area contributed by atoms with Crippen LogP contribution in [0.3, 0.4) is 0 Å². The van der Waals surface area contributed by atoms with E-state index in [2.05, 4.69) is 16.4 Å². The summed E-state index contributed by atoms with van der Waals surface area (Å²) in [5.74, 6) is 2.90. The Balaban J connectivity index is 2.63. The summed E-state index contributed by atoms with van der Waals surface area (Å²) in [6.45, 7) is 9.48. The van der Waals surface area contributed by atoms with Gasteiger partial charge in [-0.15, -0.1) is 5.54 Å². The Labute approximate surface area is 195 Å². The molecule has 2 rings (SSSR count). The summed E-state index contributed by atoms with van der Waals surface area (Å²) in [5.41, 5.74) is -1.99. The van der Waals surface area contributed by atoms with E-state index in [0.717, 1.165) is 29.9 Å². The van der Waals surface area contributed by atoms with Crippen LogP contribution in [0.5, 0.6) is 0 Å². The fraction of sp³-hybridized carbons (Fsp3) is 0.739. The zero-order chi connectivity index (χ0) is 24.7. The average Bonchev–Trinajstić information content (AvgIpc) is 2.99. The molecule has 1 aromatic rings. The highest BCUT2D eigenvalue weighted by Gasteiger charge is 2.65. The fourth-order valence-corrected chi connectivity index (χ4v) is 4.14. The van der Waals surface area contributed by atoms with E-state index in [0.29, 0.717) is 13.0 Å². The minimum atomic E-state index is -2.05. The molecule has 0 unspecified atom stereocenters. The number of unbranched alkanes of at least 4 members (excludes halogenated alkanes) is 2. The second-order valence-corrected chi connectivity index (χ2v) is 14.3. The summed E-state index contributed by atoms with van der Waals surface area (Å²) in [7, 11) is -1.99. The van der Waals surface area contributed by atoms with Gasteiger partial charge in [0.15, 0.2) is 17.4 Å². The highest BCUT2D eigenvalue weighted by atomic mass is 28.3. The van der Waals surface area contributed by atoms with Gasteiger partial charge in [-0.3, -0.25) is 14.3 Å². The number of alkyl halides is 1. The summed E-state index contributed by atoms with van der Waals surface area (Å²) >= 11 is 0. The first-order chi connectivity index (χ1) is 15.5. The van der Waals surface area contributed by atoms with Gasteiger partial charge in [-0.05, 0) is 12.8 Å². The Hall–Kier alpha value is -1.77. The highest BCUT2D eigenvalue weighted by Crippen LogP contribution is 2.46. The molecule has 33 heavy (non-hydrogen) atoms. The van der Waals surface area contributed by atoms with Crippen molar-refractivity contribution in [3.8, 4) is 11.5 Å². The maximum absolute atomic E-state index is 14.7. The third-order valence-electron chi connectivity index (χ3n) is 5.34. The van der Waals surface area contributed by atoms with Gasteiger partial charge in [0.2, 0.25) is 0 Å². The van der Waals surface area contributed by atoms with Crippen LogP contribution in [0.4, 0.5) is 4.39 Å². The summed E-state index contributed by atoms with van der Waals surface area (Å²) in [4.78, 5) is 26.3. The number of nitrogens with one attached hydrogen (secondary N) is 1. The van der Waals surface area contributed by atoms with Crippen LogP contribution < -0.4 is 11.2 Å². The molecule has 10 heteroatoms. The molecule has 0 radical (unpaired) electrons. The summed E-state index contributed by atoms with van der Waals surface area (Å²) < 4.78 is 33.6. The van der Waals surface area contributed by atoms with Gasteiger partial charge < -0.3 is 19.3 Å². The van der Waals surface area contributed by atoms with Crippen molar-refractivity contribution < 1.29 is 23.7 Å². The standard InChI is InChI=1S/C23H37FN2O6Si/c1-6-8-13-30-17-22(16-24)19(31-14-9-7-2)23(29,11-15-33(3,4)5)20(32-22)26-12-10-18(27)25-21(26)28/h10,12,19-20,29H,6-9,13-14,16-17H2,1-5H3,(H,25,27,28)/t19-,20-,22-,23+/m1/s1. The molecule has 2 N–H and O–H groups in total. The minimum Gasteiger partial charge on any atom is -0.378 e. The third-order valence-corrected chi connectivity index (χ3v) is 6.21. The smallest absolute Gasteiger partial charge is 0.330 e. The number of ether oxygens (including phenoxy) is 3. The van der Waals surface area contributed by atoms with Gasteiger partial charge in [-0.2, -0.15) is 0 Å². The molecular weight excluding hydrogens is 447 g/mol. The maximum atomic E-state index is 14.7. The van der Waals surface area contributed by atoms with Crippen molar-refractivity contribution in [1.82, 2.24) is 9.55 Å². The van der Waals surface area contributed by atoms with Crippen LogP contribution in [0.25, 0.3) is 0 Å². The SMILES string of the molecule is CCCCOC[C@@]1(CF)O[C@@H](n2ccc(=O)[nH]c2=O)[C@](O)(C#C[Si](C)(C)C)[C@@H]1OCCCC. The van der Waals surface area contributed by atoms with Crippen LogP contribution in [0, 0.1) is 11.5 Å².